The van der Waals surface area contributed by atoms with Gasteiger partial charge in [0.1, 0.15) is 5.02 Å². The van der Waals surface area contributed by atoms with Crippen LogP contribution in [0.4, 0.5) is 11.4 Å². The maximum absolute atomic E-state index is 11.3. The molecule has 6 nitrogen and oxygen atoms in total. The minimum absolute atomic E-state index is 0.0115. The molecule has 19 heavy (non-hydrogen) atoms. The summed E-state index contributed by atoms with van der Waals surface area (Å²) in [5, 5.41) is 13.6. The molecule has 8 heteroatoms. The van der Waals surface area contributed by atoms with Crippen LogP contribution in [0, 0.1) is 17.0 Å². The first-order chi connectivity index (χ1) is 8.76. The molecule has 0 atom stereocenters. The van der Waals surface area contributed by atoms with Gasteiger partial charge in [0.05, 0.1) is 10.7 Å². The molecule has 0 unspecified atom stereocenters. The van der Waals surface area contributed by atoms with Gasteiger partial charge in [-0.1, -0.05) is 18.5 Å². The van der Waals surface area contributed by atoms with Crippen molar-refractivity contribution in [3.63, 3.8) is 0 Å². The maximum atomic E-state index is 11.3. The number of nitrogens with one attached hydrogen (secondary N) is 1. The van der Waals surface area contributed by atoms with Gasteiger partial charge < -0.3 is 5.32 Å². The van der Waals surface area contributed by atoms with Gasteiger partial charge in [-0.05, 0) is 18.6 Å². The third-order valence-electron chi connectivity index (χ3n) is 2.66. The standard InChI is InChI=1S/C11H15ClN2O4S/c1-3-19(17,18)5-4-13-10-7-9(12)11(14(15)16)6-8(10)2/h6-7,13H,3-5H2,1-2H3. The van der Waals surface area contributed by atoms with Crippen LogP contribution < -0.4 is 5.32 Å². The molecule has 0 bridgehead atoms. The lowest BCUT2D eigenvalue weighted by Gasteiger charge is -2.10. The Bertz CT molecular complexity index is 587. The monoisotopic (exact) mass is 306 g/mol. The average molecular weight is 307 g/mol. The van der Waals surface area contributed by atoms with Crippen molar-refractivity contribution in [2.75, 3.05) is 23.4 Å². The predicted octanol–water partition coefficient (Wildman–Crippen LogP) is 2.40. The molecule has 0 aliphatic carbocycles. The summed E-state index contributed by atoms with van der Waals surface area (Å²) in [5.74, 6) is 0.103. The van der Waals surface area contributed by atoms with Crippen LogP contribution >= 0.6 is 11.6 Å². The summed E-state index contributed by atoms with van der Waals surface area (Å²) in [7, 11) is -3.04. The Hall–Kier alpha value is -1.34. The first-order valence-corrected chi connectivity index (χ1v) is 7.85. The van der Waals surface area contributed by atoms with E-state index in [2.05, 4.69) is 5.32 Å². The van der Waals surface area contributed by atoms with Gasteiger partial charge in [-0.3, -0.25) is 10.1 Å². The minimum atomic E-state index is -3.04. The van der Waals surface area contributed by atoms with Crippen LogP contribution in [-0.4, -0.2) is 31.4 Å². The van der Waals surface area contributed by atoms with E-state index in [1.54, 1.807) is 13.8 Å². The van der Waals surface area contributed by atoms with E-state index in [4.69, 9.17) is 11.6 Å². The Morgan fingerprint density at radius 1 is 1.42 bits per heavy atom. The highest BCUT2D eigenvalue weighted by Gasteiger charge is 2.15. The number of anilines is 1. The van der Waals surface area contributed by atoms with Crippen molar-refractivity contribution in [2.45, 2.75) is 13.8 Å². The lowest BCUT2D eigenvalue weighted by atomic mass is 10.2. The van der Waals surface area contributed by atoms with Gasteiger partial charge in [0.25, 0.3) is 5.69 Å². The van der Waals surface area contributed by atoms with Crippen LogP contribution in [0.1, 0.15) is 12.5 Å². The van der Waals surface area contributed by atoms with Crippen LogP contribution in [0.2, 0.25) is 5.02 Å². The SMILES string of the molecule is CCS(=O)(=O)CCNc1cc(Cl)c([N+](=O)[O-])cc1C. The highest BCUT2D eigenvalue weighted by Crippen LogP contribution is 2.30. The molecule has 0 aliphatic heterocycles. The number of sulfone groups is 1. The van der Waals surface area contributed by atoms with Crippen molar-refractivity contribution in [3.05, 3.63) is 32.8 Å². The summed E-state index contributed by atoms with van der Waals surface area (Å²) in [4.78, 5) is 10.1. The Balaban J connectivity index is 2.81. The van der Waals surface area contributed by atoms with Crippen molar-refractivity contribution in [1.29, 1.82) is 0 Å². The molecule has 1 N–H and O–H groups in total. The molecule has 0 aliphatic rings. The van der Waals surface area contributed by atoms with E-state index in [9.17, 15) is 18.5 Å². The number of rotatable bonds is 6. The van der Waals surface area contributed by atoms with Crippen molar-refractivity contribution in [3.8, 4) is 0 Å². The van der Waals surface area contributed by atoms with Crippen LogP contribution in [0.15, 0.2) is 12.1 Å². The van der Waals surface area contributed by atoms with Crippen LogP contribution in [0.3, 0.4) is 0 Å². The van der Waals surface area contributed by atoms with Gasteiger partial charge in [0.2, 0.25) is 0 Å². The second-order valence-corrected chi connectivity index (χ2v) is 6.92. The molecule has 0 radical (unpaired) electrons. The van der Waals surface area contributed by atoms with Gasteiger partial charge in [-0.25, -0.2) is 8.42 Å². The number of nitrogens with zero attached hydrogens (tertiary/aromatic N) is 1. The van der Waals surface area contributed by atoms with E-state index in [1.165, 1.54) is 12.1 Å². The van der Waals surface area contributed by atoms with Crippen molar-refractivity contribution in [1.82, 2.24) is 0 Å². The van der Waals surface area contributed by atoms with E-state index in [0.29, 0.717) is 11.3 Å². The fourth-order valence-electron chi connectivity index (χ4n) is 1.48. The second kappa shape index (κ2) is 6.21. The van der Waals surface area contributed by atoms with Gasteiger partial charge >= 0.3 is 0 Å². The summed E-state index contributed by atoms with van der Waals surface area (Å²) in [6.07, 6.45) is 0. The van der Waals surface area contributed by atoms with E-state index < -0.39 is 14.8 Å². The number of hydrogen-bond acceptors (Lipinski definition) is 5. The molecule has 0 fully saturated rings. The summed E-state index contributed by atoms with van der Waals surface area (Å²) in [6, 6.07) is 2.80. The molecule has 1 aromatic carbocycles. The molecule has 0 saturated carbocycles. The van der Waals surface area contributed by atoms with Gasteiger partial charge in [0.15, 0.2) is 9.84 Å². The van der Waals surface area contributed by atoms with E-state index in [-0.39, 0.29) is 28.8 Å². The summed E-state index contributed by atoms with van der Waals surface area (Å²) in [5.41, 5.74) is 1.08. The molecule has 106 valence electrons. The molecular weight excluding hydrogens is 292 g/mol. The van der Waals surface area contributed by atoms with Crippen molar-refractivity contribution in [2.24, 2.45) is 0 Å². The lowest BCUT2D eigenvalue weighted by Crippen LogP contribution is -2.17. The Kier molecular flexibility index (Phi) is 5.13. The number of aryl methyl sites for hydroxylation is 1. The Morgan fingerprint density at radius 2 is 2.05 bits per heavy atom. The molecule has 0 heterocycles. The van der Waals surface area contributed by atoms with E-state index in [0.717, 1.165) is 0 Å². The summed E-state index contributed by atoms with van der Waals surface area (Å²) >= 11 is 5.79. The van der Waals surface area contributed by atoms with Gasteiger partial charge in [-0.15, -0.1) is 0 Å². The quantitative estimate of drug-likeness (QED) is 0.644. The van der Waals surface area contributed by atoms with Crippen LogP contribution in [0.5, 0.6) is 0 Å². The lowest BCUT2D eigenvalue weighted by molar-refractivity contribution is -0.384. The van der Waals surface area contributed by atoms with E-state index >= 15 is 0 Å². The first-order valence-electron chi connectivity index (χ1n) is 5.65. The normalized spacial score (nSPS) is 11.3. The smallest absolute Gasteiger partial charge is 0.288 e. The van der Waals surface area contributed by atoms with Gasteiger partial charge in [0, 0.05) is 24.1 Å². The number of benzene rings is 1. The zero-order chi connectivity index (χ0) is 14.6. The Labute approximate surface area is 116 Å². The third-order valence-corrected chi connectivity index (χ3v) is 4.67. The van der Waals surface area contributed by atoms with Crippen molar-refractivity contribution < 1.29 is 13.3 Å². The fourth-order valence-corrected chi connectivity index (χ4v) is 2.42. The molecule has 1 aromatic rings. The summed E-state index contributed by atoms with van der Waals surface area (Å²) < 4.78 is 22.7. The van der Waals surface area contributed by atoms with Crippen LogP contribution in [0.25, 0.3) is 0 Å². The molecule has 0 aromatic heterocycles. The van der Waals surface area contributed by atoms with Crippen LogP contribution in [-0.2, 0) is 9.84 Å². The zero-order valence-electron chi connectivity index (χ0n) is 10.6. The molecule has 0 saturated heterocycles. The molecular formula is C11H15ClN2O4S. The first kappa shape index (κ1) is 15.7. The van der Waals surface area contributed by atoms with Crippen molar-refractivity contribution >= 4 is 32.8 Å². The number of halogens is 1. The fraction of sp³-hybridized carbons (Fsp3) is 0.455. The molecule has 1 rings (SSSR count). The highest BCUT2D eigenvalue weighted by atomic mass is 35.5. The average Bonchev–Trinajstić information content (AvgIpc) is 2.32. The largest absolute Gasteiger partial charge is 0.384 e. The zero-order valence-corrected chi connectivity index (χ0v) is 12.2. The highest BCUT2D eigenvalue weighted by molar-refractivity contribution is 7.91. The maximum Gasteiger partial charge on any atom is 0.288 e. The predicted molar refractivity (Wildman–Crippen MR) is 75.7 cm³/mol. The minimum Gasteiger partial charge on any atom is -0.384 e. The number of nitro groups is 1. The molecule has 0 amide bonds. The third kappa shape index (κ3) is 4.36. The topological polar surface area (TPSA) is 89.3 Å². The second-order valence-electron chi connectivity index (χ2n) is 4.04. The number of nitro benzene ring substituents is 1. The summed E-state index contributed by atoms with van der Waals surface area (Å²) in [6.45, 7) is 3.52. The number of hydrogen-bond donors (Lipinski definition) is 1. The Morgan fingerprint density at radius 3 is 2.58 bits per heavy atom. The van der Waals surface area contributed by atoms with Gasteiger partial charge in [-0.2, -0.15) is 0 Å². The van der Waals surface area contributed by atoms with E-state index in [1.807, 2.05) is 0 Å². The molecule has 0 spiro atoms.